The molecule has 0 radical (unpaired) electrons. The van der Waals surface area contributed by atoms with Crippen LogP contribution in [-0.2, 0) is 0 Å². The van der Waals surface area contributed by atoms with Crippen molar-refractivity contribution in [3.8, 4) is 11.3 Å². The van der Waals surface area contributed by atoms with Crippen LogP contribution in [0.4, 0.5) is 5.69 Å². The summed E-state index contributed by atoms with van der Waals surface area (Å²) in [5.74, 6) is -0.260. The lowest BCUT2D eigenvalue weighted by Gasteiger charge is -2.08. The Morgan fingerprint density at radius 3 is 2.35 bits per heavy atom. The number of hydrogen-bond donors (Lipinski definition) is 1. The van der Waals surface area contributed by atoms with E-state index in [1.54, 1.807) is 12.1 Å². The van der Waals surface area contributed by atoms with Gasteiger partial charge in [-0.3, -0.25) is 4.79 Å². The fourth-order valence-corrected chi connectivity index (χ4v) is 2.36. The maximum atomic E-state index is 12.3. The Morgan fingerprint density at radius 2 is 1.70 bits per heavy atom. The second kappa shape index (κ2) is 6.40. The second-order valence-electron chi connectivity index (χ2n) is 5.44. The van der Waals surface area contributed by atoms with Crippen molar-refractivity contribution in [2.75, 3.05) is 5.32 Å². The van der Waals surface area contributed by atoms with Gasteiger partial charge in [0, 0.05) is 11.3 Å². The van der Waals surface area contributed by atoms with Crippen LogP contribution in [0.3, 0.4) is 0 Å². The van der Waals surface area contributed by atoms with E-state index in [9.17, 15) is 4.79 Å². The van der Waals surface area contributed by atoms with Crippen molar-refractivity contribution in [1.29, 1.82) is 0 Å². The molecule has 1 aromatic heterocycles. The van der Waals surface area contributed by atoms with E-state index in [0.717, 1.165) is 28.1 Å². The molecule has 1 N–H and O–H groups in total. The van der Waals surface area contributed by atoms with Gasteiger partial charge in [-0.25, -0.2) is 0 Å². The first-order chi connectivity index (χ1) is 11.1. The molecule has 4 heteroatoms. The first-order valence-electron chi connectivity index (χ1n) is 7.41. The molecule has 0 aliphatic carbocycles. The Hall–Kier alpha value is -3.01. The van der Waals surface area contributed by atoms with E-state index >= 15 is 0 Å². The number of aromatic nitrogens is 2. The standard InChI is InChI=1S/C19H17N3O/c1-13-8-9-16(14(2)12-13)20-19(23)18-11-10-17(21-22-18)15-6-4-3-5-7-15/h3-12H,1-2H3,(H,20,23). The molecule has 0 spiro atoms. The van der Waals surface area contributed by atoms with Gasteiger partial charge in [-0.05, 0) is 37.6 Å². The molecule has 3 aromatic rings. The molecular formula is C19H17N3O. The van der Waals surface area contributed by atoms with Crippen LogP contribution in [0.1, 0.15) is 21.6 Å². The summed E-state index contributed by atoms with van der Waals surface area (Å²) in [7, 11) is 0. The zero-order valence-corrected chi connectivity index (χ0v) is 13.1. The smallest absolute Gasteiger partial charge is 0.276 e. The molecule has 0 saturated heterocycles. The number of anilines is 1. The van der Waals surface area contributed by atoms with E-state index in [0.29, 0.717) is 5.69 Å². The van der Waals surface area contributed by atoms with Crippen molar-refractivity contribution >= 4 is 11.6 Å². The van der Waals surface area contributed by atoms with Gasteiger partial charge >= 0.3 is 0 Å². The van der Waals surface area contributed by atoms with Gasteiger partial charge in [0.05, 0.1) is 5.69 Å². The summed E-state index contributed by atoms with van der Waals surface area (Å²) in [5, 5.41) is 11.0. The van der Waals surface area contributed by atoms with E-state index in [-0.39, 0.29) is 5.91 Å². The third kappa shape index (κ3) is 3.43. The SMILES string of the molecule is Cc1ccc(NC(=O)c2ccc(-c3ccccc3)nn2)c(C)c1. The van der Waals surface area contributed by atoms with E-state index < -0.39 is 0 Å². The maximum Gasteiger partial charge on any atom is 0.276 e. The molecule has 0 aliphatic rings. The highest BCUT2D eigenvalue weighted by atomic mass is 16.1. The van der Waals surface area contributed by atoms with Crippen molar-refractivity contribution < 1.29 is 4.79 Å². The zero-order valence-electron chi connectivity index (χ0n) is 13.1. The average molecular weight is 303 g/mol. The maximum absolute atomic E-state index is 12.3. The summed E-state index contributed by atoms with van der Waals surface area (Å²) < 4.78 is 0. The molecule has 2 aromatic carbocycles. The highest BCUT2D eigenvalue weighted by Crippen LogP contribution is 2.18. The monoisotopic (exact) mass is 303 g/mol. The number of benzene rings is 2. The molecule has 0 unspecified atom stereocenters. The van der Waals surface area contributed by atoms with E-state index in [1.807, 2.05) is 62.4 Å². The Morgan fingerprint density at radius 1 is 0.913 bits per heavy atom. The van der Waals surface area contributed by atoms with Gasteiger partial charge in [-0.15, -0.1) is 10.2 Å². The van der Waals surface area contributed by atoms with Crippen molar-refractivity contribution in [1.82, 2.24) is 10.2 Å². The van der Waals surface area contributed by atoms with Crippen LogP contribution < -0.4 is 5.32 Å². The number of rotatable bonds is 3. The summed E-state index contributed by atoms with van der Waals surface area (Å²) in [6.45, 7) is 3.99. The van der Waals surface area contributed by atoms with Crippen LogP contribution in [0.15, 0.2) is 60.7 Å². The number of hydrogen-bond acceptors (Lipinski definition) is 3. The topological polar surface area (TPSA) is 54.9 Å². The normalized spacial score (nSPS) is 10.3. The highest BCUT2D eigenvalue weighted by molar-refractivity contribution is 6.03. The van der Waals surface area contributed by atoms with Gasteiger partial charge in [-0.1, -0.05) is 48.0 Å². The van der Waals surface area contributed by atoms with Gasteiger partial charge in [0.25, 0.3) is 5.91 Å². The minimum atomic E-state index is -0.260. The van der Waals surface area contributed by atoms with Crippen LogP contribution in [0.2, 0.25) is 0 Å². The molecule has 1 amide bonds. The first kappa shape index (κ1) is 14.9. The molecule has 4 nitrogen and oxygen atoms in total. The summed E-state index contributed by atoms with van der Waals surface area (Å²) in [6.07, 6.45) is 0. The summed E-state index contributed by atoms with van der Waals surface area (Å²) in [4.78, 5) is 12.3. The van der Waals surface area contributed by atoms with Gasteiger partial charge in [0.2, 0.25) is 0 Å². The van der Waals surface area contributed by atoms with E-state index in [1.165, 1.54) is 0 Å². The number of nitrogens with zero attached hydrogens (tertiary/aromatic N) is 2. The van der Waals surface area contributed by atoms with Crippen LogP contribution in [0, 0.1) is 13.8 Å². The predicted molar refractivity (Wildman–Crippen MR) is 91.3 cm³/mol. The predicted octanol–water partition coefficient (Wildman–Crippen LogP) is 4.01. The summed E-state index contributed by atoms with van der Waals surface area (Å²) in [6, 6.07) is 19.1. The first-order valence-corrected chi connectivity index (χ1v) is 7.41. The molecule has 1 heterocycles. The third-order valence-corrected chi connectivity index (χ3v) is 3.60. The van der Waals surface area contributed by atoms with E-state index in [2.05, 4.69) is 15.5 Å². The van der Waals surface area contributed by atoms with Gasteiger partial charge in [0.15, 0.2) is 5.69 Å². The van der Waals surface area contributed by atoms with Gasteiger partial charge in [-0.2, -0.15) is 0 Å². The molecule has 0 saturated carbocycles. The number of carbonyl (C=O) groups is 1. The van der Waals surface area contributed by atoms with E-state index in [4.69, 9.17) is 0 Å². The fourth-order valence-electron chi connectivity index (χ4n) is 2.36. The van der Waals surface area contributed by atoms with Crippen molar-refractivity contribution in [2.24, 2.45) is 0 Å². The minimum Gasteiger partial charge on any atom is -0.320 e. The molecule has 0 atom stereocenters. The largest absolute Gasteiger partial charge is 0.320 e. The zero-order chi connectivity index (χ0) is 16.2. The van der Waals surface area contributed by atoms with Gasteiger partial charge < -0.3 is 5.32 Å². The molecule has 23 heavy (non-hydrogen) atoms. The lowest BCUT2D eigenvalue weighted by molar-refractivity contribution is 0.102. The molecular weight excluding hydrogens is 286 g/mol. The number of amides is 1. The van der Waals surface area contributed by atoms with Crippen molar-refractivity contribution in [3.63, 3.8) is 0 Å². The van der Waals surface area contributed by atoms with Crippen molar-refractivity contribution in [3.05, 3.63) is 77.5 Å². The molecule has 3 rings (SSSR count). The van der Waals surface area contributed by atoms with Gasteiger partial charge in [0.1, 0.15) is 0 Å². The Balaban J connectivity index is 1.78. The highest BCUT2D eigenvalue weighted by Gasteiger charge is 2.10. The number of carbonyl (C=O) groups excluding carboxylic acids is 1. The van der Waals surface area contributed by atoms with Crippen LogP contribution in [-0.4, -0.2) is 16.1 Å². The second-order valence-corrected chi connectivity index (χ2v) is 5.44. The fraction of sp³-hybridized carbons (Fsp3) is 0.105. The Labute approximate surface area is 135 Å². The molecule has 0 fully saturated rings. The Kier molecular flexibility index (Phi) is 4.15. The number of aryl methyl sites for hydroxylation is 2. The molecule has 0 bridgehead atoms. The van der Waals surface area contributed by atoms with Crippen LogP contribution >= 0.6 is 0 Å². The van der Waals surface area contributed by atoms with Crippen molar-refractivity contribution in [2.45, 2.75) is 13.8 Å². The summed E-state index contributed by atoms with van der Waals surface area (Å²) >= 11 is 0. The molecule has 114 valence electrons. The minimum absolute atomic E-state index is 0.260. The summed E-state index contributed by atoms with van der Waals surface area (Å²) in [5.41, 5.74) is 4.98. The number of nitrogens with one attached hydrogen (secondary N) is 1. The van der Waals surface area contributed by atoms with Crippen LogP contribution in [0.5, 0.6) is 0 Å². The lowest BCUT2D eigenvalue weighted by Crippen LogP contribution is -2.15. The van der Waals surface area contributed by atoms with Crippen LogP contribution in [0.25, 0.3) is 11.3 Å². The average Bonchev–Trinajstić information content (AvgIpc) is 2.58. The lowest BCUT2D eigenvalue weighted by atomic mass is 10.1. The third-order valence-electron chi connectivity index (χ3n) is 3.60. The molecule has 0 aliphatic heterocycles. The Bertz CT molecular complexity index is 827. The quantitative estimate of drug-likeness (QED) is 0.795.